The first-order valence-electron chi connectivity index (χ1n) is 8.40. The molecule has 0 aliphatic carbocycles. The third kappa shape index (κ3) is 3.62. The van der Waals surface area contributed by atoms with Crippen molar-refractivity contribution in [1.82, 2.24) is 9.78 Å². The van der Waals surface area contributed by atoms with Crippen LogP contribution in [0.3, 0.4) is 0 Å². The molecular formula is C22H15Br2FN2. The van der Waals surface area contributed by atoms with Gasteiger partial charge in [0, 0.05) is 25.6 Å². The summed E-state index contributed by atoms with van der Waals surface area (Å²) in [4.78, 5) is 0. The zero-order chi connectivity index (χ0) is 19.0. The maximum atomic E-state index is 13.4. The predicted octanol–water partition coefficient (Wildman–Crippen LogP) is 7.18. The normalized spacial score (nSPS) is 11.0. The summed E-state index contributed by atoms with van der Waals surface area (Å²) in [6, 6.07) is 22.6. The lowest BCUT2D eigenvalue weighted by atomic mass is 10.0. The number of halogens is 3. The zero-order valence-electron chi connectivity index (χ0n) is 14.5. The number of nitrogens with zero attached hydrogens (tertiary/aromatic N) is 2. The second kappa shape index (κ2) is 7.41. The second-order valence-corrected chi connectivity index (χ2v) is 8.06. The van der Waals surface area contributed by atoms with E-state index in [9.17, 15) is 4.39 Å². The molecule has 0 radical (unpaired) electrons. The van der Waals surface area contributed by atoms with Crippen molar-refractivity contribution in [2.45, 2.75) is 6.92 Å². The second-order valence-electron chi connectivity index (χ2n) is 6.22. The highest BCUT2D eigenvalue weighted by molar-refractivity contribution is 9.10. The Morgan fingerprint density at radius 1 is 0.741 bits per heavy atom. The van der Waals surface area contributed by atoms with E-state index in [4.69, 9.17) is 5.10 Å². The van der Waals surface area contributed by atoms with Crippen molar-refractivity contribution in [2.24, 2.45) is 0 Å². The molecule has 2 nitrogen and oxygen atoms in total. The number of benzene rings is 3. The van der Waals surface area contributed by atoms with E-state index in [0.717, 1.165) is 42.7 Å². The van der Waals surface area contributed by atoms with Crippen LogP contribution >= 0.6 is 31.9 Å². The third-order valence-electron chi connectivity index (χ3n) is 4.43. The van der Waals surface area contributed by atoms with Crippen LogP contribution in [0.5, 0.6) is 0 Å². The van der Waals surface area contributed by atoms with Crippen LogP contribution in [0, 0.1) is 12.7 Å². The molecule has 0 spiro atoms. The fourth-order valence-corrected chi connectivity index (χ4v) is 3.62. The van der Waals surface area contributed by atoms with Crippen LogP contribution in [0.1, 0.15) is 5.56 Å². The number of rotatable bonds is 3. The lowest BCUT2D eigenvalue weighted by molar-refractivity contribution is 0.627. The Morgan fingerprint density at radius 3 is 1.81 bits per heavy atom. The number of aromatic nitrogens is 2. The van der Waals surface area contributed by atoms with Gasteiger partial charge in [-0.05, 0) is 55.5 Å². The molecule has 0 bridgehead atoms. The molecule has 0 unspecified atom stereocenters. The topological polar surface area (TPSA) is 17.8 Å². The summed E-state index contributed by atoms with van der Waals surface area (Å²) in [5.74, 6) is -0.263. The Balaban J connectivity index is 1.95. The highest BCUT2D eigenvalue weighted by Crippen LogP contribution is 2.34. The van der Waals surface area contributed by atoms with Crippen molar-refractivity contribution in [3.63, 3.8) is 0 Å². The van der Waals surface area contributed by atoms with Crippen molar-refractivity contribution in [2.75, 3.05) is 0 Å². The lowest BCUT2D eigenvalue weighted by Gasteiger charge is -2.09. The molecular weight excluding hydrogens is 471 g/mol. The quantitative estimate of drug-likeness (QED) is 0.300. The van der Waals surface area contributed by atoms with Crippen LogP contribution in [0.15, 0.2) is 81.7 Å². The first kappa shape index (κ1) is 18.1. The Bertz CT molecular complexity index is 1080. The summed E-state index contributed by atoms with van der Waals surface area (Å²) in [6.07, 6.45) is 0. The van der Waals surface area contributed by atoms with Crippen LogP contribution in [0.2, 0.25) is 0 Å². The fourth-order valence-electron chi connectivity index (χ4n) is 3.09. The molecule has 0 amide bonds. The van der Waals surface area contributed by atoms with Gasteiger partial charge in [-0.25, -0.2) is 9.07 Å². The summed E-state index contributed by atoms with van der Waals surface area (Å²) in [7, 11) is 0. The van der Waals surface area contributed by atoms with Crippen molar-refractivity contribution < 1.29 is 4.39 Å². The van der Waals surface area contributed by atoms with Crippen LogP contribution in [-0.2, 0) is 0 Å². The molecule has 0 fully saturated rings. The molecule has 0 saturated heterocycles. The van der Waals surface area contributed by atoms with Gasteiger partial charge in [0.25, 0.3) is 0 Å². The molecule has 0 aliphatic heterocycles. The van der Waals surface area contributed by atoms with E-state index >= 15 is 0 Å². The molecule has 5 heteroatoms. The van der Waals surface area contributed by atoms with Gasteiger partial charge in [0.15, 0.2) is 0 Å². The highest BCUT2D eigenvalue weighted by Gasteiger charge is 2.18. The van der Waals surface area contributed by atoms with Crippen LogP contribution < -0.4 is 0 Å². The predicted molar refractivity (Wildman–Crippen MR) is 115 cm³/mol. The van der Waals surface area contributed by atoms with E-state index < -0.39 is 0 Å². The van der Waals surface area contributed by atoms with E-state index in [1.807, 2.05) is 41.1 Å². The van der Waals surface area contributed by atoms with Crippen LogP contribution in [0.4, 0.5) is 4.39 Å². The molecule has 0 atom stereocenters. The molecule has 0 aliphatic rings. The summed E-state index contributed by atoms with van der Waals surface area (Å²) >= 11 is 6.97. The van der Waals surface area contributed by atoms with Crippen molar-refractivity contribution in [3.05, 3.63) is 93.1 Å². The van der Waals surface area contributed by atoms with E-state index in [1.165, 1.54) is 12.1 Å². The van der Waals surface area contributed by atoms with Gasteiger partial charge in [-0.3, -0.25) is 0 Å². The van der Waals surface area contributed by atoms with E-state index in [0.29, 0.717) is 0 Å². The average molecular weight is 486 g/mol. The van der Waals surface area contributed by atoms with Crippen molar-refractivity contribution in [1.29, 1.82) is 0 Å². The molecule has 0 saturated carbocycles. The molecule has 4 aromatic rings. The molecule has 1 heterocycles. The van der Waals surface area contributed by atoms with Crippen molar-refractivity contribution >= 4 is 31.9 Å². The van der Waals surface area contributed by atoms with E-state index in [1.54, 1.807) is 12.1 Å². The van der Waals surface area contributed by atoms with Gasteiger partial charge >= 0.3 is 0 Å². The summed E-state index contributed by atoms with van der Waals surface area (Å²) in [6.45, 7) is 2.07. The smallest absolute Gasteiger partial charge is 0.123 e. The molecule has 27 heavy (non-hydrogen) atoms. The minimum Gasteiger partial charge on any atom is -0.232 e. The van der Waals surface area contributed by atoms with E-state index in [-0.39, 0.29) is 5.82 Å². The Morgan fingerprint density at radius 2 is 1.26 bits per heavy atom. The molecule has 134 valence electrons. The maximum Gasteiger partial charge on any atom is 0.123 e. The highest BCUT2D eigenvalue weighted by atomic mass is 79.9. The minimum absolute atomic E-state index is 0.263. The molecule has 4 rings (SSSR count). The van der Waals surface area contributed by atoms with E-state index in [2.05, 4.69) is 50.9 Å². The molecule has 3 aromatic carbocycles. The average Bonchev–Trinajstić information content (AvgIpc) is 3.01. The Labute approximate surface area is 173 Å². The largest absolute Gasteiger partial charge is 0.232 e. The summed E-state index contributed by atoms with van der Waals surface area (Å²) in [5, 5.41) is 4.88. The first-order chi connectivity index (χ1) is 13.0. The van der Waals surface area contributed by atoms with Crippen LogP contribution in [0.25, 0.3) is 28.2 Å². The maximum absolute atomic E-state index is 13.4. The SMILES string of the molecule is Cc1c(-c2ccc(Br)cc2)nn(-c2ccc(F)cc2)c1-c1ccc(Br)cc1. The fraction of sp³-hybridized carbons (Fsp3) is 0.0455. The van der Waals surface area contributed by atoms with Crippen LogP contribution in [-0.4, -0.2) is 9.78 Å². The van der Waals surface area contributed by atoms with Gasteiger partial charge in [0.1, 0.15) is 5.82 Å². The first-order valence-corrected chi connectivity index (χ1v) is 9.99. The molecule has 0 N–H and O–H groups in total. The third-order valence-corrected chi connectivity index (χ3v) is 5.49. The number of hydrogen-bond donors (Lipinski definition) is 0. The standard InChI is InChI=1S/C22H15Br2FN2/c1-14-21(15-2-6-17(23)7-3-15)26-27(20-12-10-19(25)11-13-20)22(14)16-4-8-18(24)9-5-16/h2-13H,1H3. The summed E-state index contributed by atoms with van der Waals surface area (Å²) < 4.78 is 17.3. The zero-order valence-corrected chi connectivity index (χ0v) is 17.6. The minimum atomic E-state index is -0.263. The Hall–Kier alpha value is -2.24. The number of hydrogen-bond acceptors (Lipinski definition) is 1. The Kier molecular flexibility index (Phi) is 4.98. The van der Waals surface area contributed by atoms with Gasteiger partial charge < -0.3 is 0 Å². The van der Waals surface area contributed by atoms with Gasteiger partial charge in [-0.2, -0.15) is 5.10 Å². The molecule has 1 aromatic heterocycles. The van der Waals surface area contributed by atoms with Crippen molar-refractivity contribution in [3.8, 4) is 28.2 Å². The van der Waals surface area contributed by atoms with Gasteiger partial charge in [0.05, 0.1) is 17.1 Å². The summed E-state index contributed by atoms with van der Waals surface area (Å²) in [5.41, 5.74) is 5.88. The van der Waals surface area contributed by atoms with Gasteiger partial charge in [-0.1, -0.05) is 56.1 Å². The van der Waals surface area contributed by atoms with Gasteiger partial charge in [0.2, 0.25) is 0 Å². The van der Waals surface area contributed by atoms with Gasteiger partial charge in [-0.15, -0.1) is 0 Å². The monoisotopic (exact) mass is 484 g/mol. The lowest BCUT2D eigenvalue weighted by Crippen LogP contribution is -1.99.